The smallest absolute Gasteiger partial charge is 0.150 e. The van der Waals surface area contributed by atoms with Gasteiger partial charge in [-0.15, -0.1) is 0 Å². The monoisotopic (exact) mass is 219 g/mol. The Morgan fingerprint density at radius 1 is 1.38 bits per heavy atom. The van der Waals surface area contributed by atoms with Gasteiger partial charge in [-0.05, 0) is 51.0 Å². The molecule has 0 aliphatic carbocycles. The topological polar surface area (TPSA) is 20.3 Å². The zero-order valence-electron chi connectivity index (χ0n) is 10.9. The van der Waals surface area contributed by atoms with Crippen LogP contribution in [0.2, 0.25) is 0 Å². The lowest BCUT2D eigenvalue weighted by molar-refractivity contribution is 0.112. The molecule has 2 heteroatoms. The zero-order chi connectivity index (χ0) is 12.3. The molecular formula is C14H21NO. The highest BCUT2D eigenvalue weighted by molar-refractivity contribution is 5.78. The highest BCUT2D eigenvalue weighted by Crippen LogP contribution is 2.26. The van der Waals surface area contributed by atoms with Crippen molar-refractivity contribution in [2.45, 2.75) is 39.7 Å². The fourth-order valence-electron chi connectivity index (χ4n) is 1.59. The van der Waals surface area contributed by atoms with Gasteiger partial charge in [0.2, 0.25) is 0 Å². The summed E-state index contributed by atoms with van der Waals surface area (Å²) in [4.78, 5) is 13.0. The van der Waals surface area contributed by atoms with Crippen molar-refractivity contribution in [1.29, 1.82) is 0 Å². The highest BCUT2D eigenvalue weighted by atomic mass is 16.1. The molecule has 0 aliphatic heterocycles. The number of carbonyl (C=O) groups is 1. The van der Waals surface area contributed by atoms with E-state index in [1.54, 1.807) is 0 Å². The molecule has 0 N–H and O–H groups in total. The predicted octanol–water partition coefficient (Wildman–Crippen LogP) is 3.43. The molecule has 0 amide bonds. The van der Waals surface area contributed by atoms with Crippen molar-refractivity contribution in [2.24, 2.45) is 0 Å². The van der Waals surface area contributed by atoms with Gasteiger partial charge in [0, 0.05) is 23.8 Å². The molecule has 0 saturated heterocycles. The molecule has 1 aromatic rings. The van der Waals surface area contributed by atoms with Crippen LogP contribution in [-0.4, -0.2) is 18.9 Å². The van der Waals surface area contributed by atoms with Crippen LogP contribution < -0.4 is 4.90 Å². The Labute approximate surface area is 98.3 Å². The Bertz CT molecular complexity index is 382. The second-order valence-electron chi connectivity index (χ2n) is 4.88. The van der Waals surface area contributed by atoms with Gasteiger partial charge in [0.25, 0.3) is 0 Å². The number of anilines is 1. The van der Waals surface area contributed by atoms with Crippen LogP contribution in [0.15, 0.2) is 18.2 Å². The van der Waals surface area contributed by atoms with E-state index in [4.69, 9.17) is 0 Å². The first-order valence-corrected chi connectivity index (χ1v) is 5.72. The highest BCUT2D eigenvalue weighted by Gasteiger charge is 2.21. The summed E-state index contributed by atoms with van der Waals surface area (Å²) in [7, 11) is 2.10. The Morgan fingerprint density at radius 2 is 2.00 bits per heavy atom. The van der Waals surface area contributed by atoms with Crippen molar-refractivity contribution in [3.05, 3.63) is 29.3 Å². The minimum atomic E-state index is 0.134. The average Bonchev–Trinajstić information content (AvgIpc) is 2.27. The summed E-state index contributed by atoms with van der Waals surface area (Å²) in [6.45, 7) is 8.59. The van der Waals surface area contributed by atoms with E-state index in [2.05, 4.69) is 38.8 Å². The summed E-state index contributed by atoms with van der Waals surface area (Å²) in [5, 5.41) is 0. The van der Waals surface area contributed by atoms with Gasteiger partial charge in [-0.1, -0.05) is 6.92 Å². The third-order valence-corrected chi connectivity index (χ3v) is 3.54. The Morgan fingerprint density at radius 3 is 2.44 bits per heavy atom. The molecule has 0 heterocycles. The molecule has 0 atom stereocenters. The van der Waals surface area contributed by atoms with Crippen LogP contribution in [-0.2, 0) is 0 Å². The van der Waals surface area contributed by atoms with Gasteiger partial charge >= 0.3 is 0 Å². The largest absolute Gasteiger partial charge is 0.369 e. The first kappa shape index (κ1) is 12.8. The average molecular weight is 219 g/mol. The summed E-state index contributed by atoms with van der Waals surface area (Å²) in [6, 6.07) is 5.97. The summed E-state index contributed by atoms with van der Waals surface area (Å²) in [6.07, 6.45) is 1.99. The van der Waals surface area contributed by atoms with Crippen molar-refractivity contribution in [1.82, 2.24) is 0 Å². The van der Waals surface area contributed by atoms with Crippen LogP contribution in [0.1, 0.15) is 43.1 Å². The van der Waals surface area contributed by atoms with Crippen molar-refractivity contribution >= 4 is 12.0 Å². The van der Waals surface area contributed by atoms with Gasteiger partial charge in [0.1, 0.15) is 6.29 Å². The molecule has 0 aromatic heterocycles. The maximum absolute atomic E-state index is 10.7. The molecule has 0 unspecified atom stereocenters. The molecule has 0 radical (unpaired) electrons. The van der Waals surface area contributed by atoms with Gasteiger partial charge in [0.15, 0.2) is 0 Å². The normalized spacial score (nSPS) is 11.3. The molecular weight excluding hydrogens is 198 g/mol. The first-order chi connectivity index (χ1) is 7.42. The molecule has 2 nitrogen and oxygen atoms in total. The third-order valence-electron chi connectivity index (χ3n) is 3.54. The van der Waals surface area contributed by atoms with E-state index < -0.39 is 0 Å². The van der Waals surface area contributed by atoms with E-state index in [-0.39, 0.29) is 5.54 Å². The number of rotatable bonds is 4. The molecule has 16 heavy (non-hydrogen) atoms. The summed E-state index contributed by atoms with van der Waals surface area (Å²) < 4.78 is 0. The lowest BCUT2D eigenvalue weighted by Crippen LogP contribution is -2.40. The molecule has 0 aliphatic rings. The number of hydrogen-bond donors (Lipinski definition) is 0. The van der Waals surface area contributed by atoms with Gasteiger partial charge in [-0.25, -0.2) is 0 Å². The molecule has 0 fully saturated rings. The van der Waals surface area contributed by atoms with E-state index in [1.807, 2.05) is 19.1 Å². The number of benzene rings is 1. The second-order valence-corrected chi connectivity index (χ2v) is 4.88. The minimum absolute atomic E-state index is 0.134. The molecule has 1 rings (SSSR count). The number of carbonyl (C=O) groups excluding carboxylic acids is 1. The Hall–Kier alpha value is -1.31. The van der Waals surface area contributed by atoms with Crippen molar-refractivity contribution in [3.8, 4) is 0 Å². The van der Waals surface area contributed by atoms with Crippen molar-refractivity contribution < 1.29 is 4.79 Å². The Kier molecular flexibility index (Phi) is 3.74. The second kappa shape index (κ2) is 4.69. The quantitative estimate of drug-likeness (QED) is 0.723. The van der Waals surface area contributed by atoms with Crippen LogP contribution in [0.5, 0.6) is 0 Å². The maximum atomic E-state index is 10.7. The van der Waals surface area contributed by atoms with E-state index in [9.17, 15) is 4.79 Å². The van der Waals surface area contributed by atoms with Crippen molar-refractivity contribution in [3.63, 3.8) is 0 Å². The van der Waals surface area contributed by atoms with Crippen LogP contribution >= 0.6 is 0 Å². The van der Waals surface area contributed by atoms with Crippen LogP contribution in [0, 0.1) is 6.92 Å². The summed E-state index contributed by atoms with van der Waals surface area (Å²) >= 11 is 0. The van der Waals surface area contributed by atoms with Crippen LogP contribution in [0.4, 0.5) is 5.69 Å². The van der Waals surface area contributed by atoms with E-state index in [1.165, 1.54) is 0 Å². The SMILES string of the molecule is CCC(C)(C)N(C)c1ccc(C=O)c(C)c1. The van der Waals surface area contributed by atoms with Crippen molar-refractivity contribution in [2.75, 3.05) is 11.9 Å². The fourth-order valence-corrected chi connectivity index (χ4v) is 1.59. The summed E-state index contributed by atoms with van der Waals surface area (Å²) in [5.74, 6) is 0. The number of aryl methyl sites for hydroxylation is 1. The molecule has 0 bridgehead atoms. The molecule has 0 saturated carbocycles. The fraction of sp³-hybridized carbons (Fsp3) is 0.500. The minimum Gasteiger partial charge on any atom is -0.369 e. The molecule has 0 spiro atoms. The van der Waals surface area contributed by atoms with Gasteiger partial charge in [-0.2, -0.15) is 0 Å². The lowest BCUT2D eigenvalue weighted by Gasteiger charge is -2.37. The third kappa shape index (κ3) is 2.43. The molecule has 88 valence electrons. The Balaban J connectivity index is 3.06. The standard InChI is InChI=1S/C14H21NO/c1-6-14(3,4)15(5)13-8-7-12(10-16)11(2)9-13/h7-10H,6H2,1-5H3. The predicted molar refractivity (Wildman–Crippen MR) is 69.3 cm³/mol. The van der Waals surface area contributed by atoms with Gasteiger partial charge in [-0.3, -0.25) is 4.79 Å². The number of aldehydes is 1. The van der Waals surface area contributed by atoms with E-state index in [0.717, 1.165) is 29.5 Å². The maximum Gasteiger partial charge on any atom is 0.150 e. The van der Waals surface area contributed by atoms with E-state index in [0.29, 0.717) is 0 Å². The zero-order valence-corrected chi connectivity index (χ0v) is 10.9. The van der Waals surface area contributed by atoms with Gasteiger partial charge < -0.3 is 4.90 Å². The summed E-state index contributed by atoms with van der Waals surface area (Å²) in [5.41, 5.74) is 3.10. The number of nitrogens with zero attached hydrogens (tertiary/aromatic N) is 1. The van der Waals surface area contributed by atoms with E-state index >= 15 is 0 Å². The van der Waals surface area contributed by atoms with Crippen LogP contribution in [0.3, 0.4) is 0 Å². The lowest BCUT2D eigenvalue weighted by atomic mass is 9.98. The van der Waals surface area contributed by atoms with Crippen LogP contribution in [0.25, 0.3) is 0 Å². The molecule has 1 aromatic carbocycles. The van der Waals surface area contributed by atoms with Gasteiger partial charge in [0.05, 0.1) is 0 Å². The first-order valence-electron chi connectivity index (χ1n) is 5.72. The number of hydrogen-bond acceptors (Lipinski definition) is 2.